The number of amides is 1. The summed E-state index contributed by atoms with van der Waals surface area (Å²) in [5, 5.41) is 6.34. The Morgan fingerprint density at radius 2 is 2.00 bits per heavy atom. The third-order valence-electron chi connectivity index (χ3n) is 7.33. The highest BCUT2D eigenvalue weighted by Crippen LogP contribution is 2.43. The molecule has 1 unspecified atom stereocenters. The molecule has 3 aliphatic rings. The largest absolute Gasteiger partial charge is 0.495 e. The quantitative estimate of drug-likeness (QED) is 0.521. The third kappa shape index (κ3) is 3.98. The van der Waals surface area contributed by atoms with Gasteiger partial charge in [-0.05, 0) is 50.3 Å². The van der Waals surface area contributed by atoms with E-state index in [0.717, 1.165) is 30.8 Å². The van der Waals surface area contributed by atoms with Crippen LogP contribution in [0.1, 0.15) is 74.0 Å². The second-order valence-electron chi connectivity index (χ2n) is 9.65. The number of aromatic nitrogens is 4. The van der Waals surface area contributed by atoms with Gasteiger partial charge in [0.15, 0.2) is 5.82 Å². The summed E-state index contributed by atoms with van der Waals surface area (Å²) in [5.41, 5.74) is 3.45. The third-order valence-corrected chi connectivity index (χ3v) is 7.33. The van der Waals surface area contributed by atoms with Crippen molar-refractivity contribution in [3.8, 4) is 11.4 Å². The maximum absolute atomic E-state index is 12.5. The monoisotopic (exact) mass is 473 g/mol. The molecule has 9 nitrogen and oxygen atoms in total. The molecule has 9 heteroatoms. The number of nitrogens with one attached hydrogen (secondary N) is 2. The van der Waals surface area contributed by atoms with Gasteiger partial charge in [0.1, 0.15) is 11.4 Å². The number of carbonyl (C=O) groups excluding carboxylic acids is 1. The van der Waals surface area contributed by atoms with Crippen molar-refractivity contribution in [3.63, 3.8) is 0 Å². The number of nitrogens with zero attached hydrogens (tertiary/aromatic N) is 5. The van der Waals surface area contributed by atoms with Crippen LogP contribution < -0.4 is 20.3 Å². The lowest BCUT2D eigenvalue weighted by Gasteiger charge is -2.41. The second-order valence-corrected chi connectivity index (χ2v) is 9.65. The molecule has 0 spiro atoms. The van der Waals surface area contributed by atoms with E-state index in [1.165, 1.54) is 31.4 Å². The molecule has 0 saturated heterocycles. The minimum atomic E-state index is -0.0728. The number of imidazole rings is 1. The minimum absolute atomic E-state index is 0.0728. The van der Waals surface area contributed by atoms with Crippen molar-refractivity contribution in [3.05, 3.63) is 48.2 Å². The van der Waals surface area contributed by atoms with Crippen LogP contribution in [-0.2, 0) is 0 Å². The number of carbonyl (C=O) groups is 1. The van der Waals surface area contributed by atoms with Crippen LogP contribution in [0.5, 0.6) is 5.75 Å². The van der Waals surface area contributed by atoms with Crippen LogP contribution in [-0.4, -0.2) is 44.6 Å². The van der Waals surface area contributed by atoms with Crippen molar-refractivity contribution < 1.29 is 9.53 Å². The number of hydrogen-bond donors (Lipinski definition) is 2. The van der Waals surface area contributed by atoms with Crippen molar-refractivity contribution in [2.45, 2.75) is 70.0 Å². The Balaban J connectivity index is 1.34. The summed E-state index contributed by atoms with van der Waals surface area (Å²) in [6.07, 6.45) is 13.6. The molecule has 6 rings (SSSR count). The van der Waals surface area contributed by atoms with Crippen LogP contribution in [0.3, 0.4) is 0 Å². The predicted octanol–water partition coefficient (Wildman–Crippen LogP) is 4.52. The summed E-state index contributed by atoms with van der Waals surface area (Å²) < 4.78 is 7.71. The van der Waals surface area contributed by atoms with E-state index in [0.29, 0.717) is 35.0 Å². The van der Waals surface area contributed by atoms with Gasteiger partial charge in [-0.2, -0.15) is 4.98 Å². The summed E-state index contributed by atoms with van der Waals surface area (Å²) in [4.78, 5) is 29.0. The molecule has 1 aliphatic heterocycles. The van der Waals surface area contributed by atoms with E-state index in [9.17, 15) is 4.79 Å². The molecule has 182 valence electrons. The molecule has 2 fully saturated rings. The standard InChI is InChI=1S/C26H31N7O2/c1-3-20-21-13-27-15-32(21)22-14-28-26(31-24(22)33(20)18-6-4-5-7-18)30-19-11-8-16(12-23(19)35-2)25(34)29-17-9-10-17/h8,11-15,17-18,20H,3-7,9-10H2,1-2H3,(H,29,34)(H,28,30,31). The van der Waals surface area contributed by atoms with Crippen molar-refractivity contribution in [2.75, 3.05) is 17.3 Å². The SMILES string of the molecule is CCC1c2cncn2-c2cnc(Nc3ccc(C(=O)NC4CC4)cc3OC)nc2N1C1CCCC1. The van der Waals surface area contributed by atoms with Crippen molar-refractivity contribution >= 4 is 23.4 Å². The summed E-state index contributed by atoms with van der Waals surface area (Å²) in [5.74, 6) is 1.94. The predicted molar refractivity (Wildman–Crippen MR) is 134 cm³/mol. The molecule has 0 bridgehead atoms. The number of benzene rings is 1. The fourth-order valence-corrected chi connectivity index (χ4v) is 5.40. The molecule has 2 N–H and O–H groups in total. The van der Waals surface area contributed by atoms with E-state index in [1.54, 1.807) is 19.2 Å². The van der Waals surface area contributed by atoms with Gasteiger partial charge in [-0.1, -0.05) is 19.8 Å². The van der Waals surface area contributed by atoms with Crippen LogP contribution in [0.15, 0.2) is 36.9 Å². The Morgan fingerprint density at radius 3 is 2.74 bits per heavy atom. The Kier molecular flexibility index (Phi) is 5.54. The first-order valence-electron chi connectivity index (χ1n) is 12.6. The summed E-state index contributed by atoms with van der Waals surface area (Å²) in [6.45, 7) is 2.22. The maximum Gasteiger partial charge on any atom is 0.251 e. The summed E-state index contributed by atoms with van der Waals surface area (Å²) >= 11 is 0. The van der Waals surface area contributed by atoms with Crippen LogP contribution in [0.25, 0.3) is 5.69 Å². The fraction of sp³-hybridized carbons (Fsp3) is 0.462. The molecule has 2 aromatic heterocycles. The molecule has 2 saturated carbocycles. The van der Waals surface area contributed by atoms with Gasteiger partial charge in [-0.3, -0.25) is 9.36 Å². The highest BCUT2D eigenvalue weighted by Gasteiger charge is 2.37. The average molecular weight is 474 g/mol. The molecule has 2 aliphatic carbocycles. The Bertz CT molecular complexity index is 1250. The number of hydrogen-bond acceptors (Lipinski definition) is 7. The zero-order valence-electron chi connectivity index (χ0n) is 20.2. The number of methoxy groups -OCH3 is 1. The van der Waals surface area contributed by atoms with E-state index in [4.69, 9.17) is 9.72 Å². The highest BCUT2D eigenvalue weighted by atomic mass is 16.5. The van der Waals surface area contributed by atoms with Gasteiger partial charge in [-0.25, -0.2) is 9.97 Å². The number of anilines is 3. The molecule has 0 radical (unpaired) electrons. The van der Waals surface area contributed by atoms with E-state index in [-0.39, 0.29) is 11.9 Å². The van der Waals surface area contributed by atoms with E-state index < -0.39 is 0 Å². The maximum atomic E-state index is 12.5. The van der Waals surface area contributed by atoms with Crippen LogP contribution >= 0.6 is 0 Å². The summed E-state index contributed by atoms with van der Waals surface area (Å²) in [7, 11) is 1.60. The first kappa shape index (κ1) is 21.9. The number of ether oxygens (including phenoxy) is 1. The molecule has 3 aromatic rings. The lowest BCUT2D eigenvalue weighted by atomic mass is 10.0. The zero-order chi connectivity index (χ0) is 23.9. The lowest BCUT2D eigenvalue weighted by molar-refractivity contribution is 0.0950. The Labute approximate surface area is 204 Å². The highest BCUT2D eigenvalue weighted by molar-refractivity contribution is 5.95. The van der Waals surface area contributed by atoms with Crippen LogP contribution in [0.2, 0.25) is 0 Å². The van der Waals surface area contributed by atoms with Crippen LogP contribution in [0.4, 0.5) is 17.5 Å². The Hall–Kier alpha value is -3.62. The van der Waals surface area contributed by atoms with Gasteiger partial charge in [0.05, 0.1) is 43.3 Å². The lowest BCUT2D eigenvalue weighted by Crippen LogP contribution is -2.41. The van der Waals surface area contributed by atoms with Gasteiger partial charge in [-0.15, -0.1) is 0 Å². The number of fused-ring (bicyclic) bond motifs is 3. The Morgan fingerprint density at radius 1 is 1.17 bits per heavy atom. The molecule has 3 heterocycles. The van der Waals surface area contributed by atoms with Crippen LogP contribution in [0, 0.1) is 0 Å². The molecule has 1 aromatic carbocycles. The van der Waals surface area contributed by atoms with Crippen molar-refractivity contribution in [2.24, 2.45) is 0 Å². The molecule has 1 atom stereocenters. The normalized spacial score (nSPS) is 19.3. The molecular weight excluding hydrogens is 442 g/mol. The molecule has 1 amide bonds. The van der Waals surface area contributed by atoms with E-state index in [1.807, 2.05) is 24.8 Å². The van der Waals surface area contributed by atoms with Gasteiger partial charge in [0, 0.05) is 17.6 Å². The van der Waals surface area contributed by atoms with Gasteiger partial charge < -0.3 is 20.3 Å². The average Bonchev–Trinajstić information content (AvgIpc) is 3.32. The fourth-order valence-electron chi connectivity index (χ4n) is 5.40. The molecule has 35 heavy (non-hydrogen) atoms. The first-order valence-corrected chi connectivity index (χ1v) is 12.6. The van der Waals surface area contributed by atoms with Crippen molar-refractivity contribution in [1.29, 1.82) is 0 Å². The topological polar surface area (TPSA) is 97.2 Å². The smallest absolute Gasteiger partial charge is 0.251 e. The van der Waals surface area contributed by atoms with E-state index in [2.05, 4.69) is 37.0 Å². The first-order chi connectivity index (χ1) is 17.2. The van der Waals surface area contributed by atoms with Gasteiger partial charge in [0.2, 0.25) is 5.95 Å². The van der Waals surface area contributed by atoms with Crippen molar-refractivity contribution in [1.82, 2.24) is 24.8 Å². The second kappa shape index (κ2) is 8.87. The minimum Gasteiger partial charge on any atom is -0.495 e. The van der Waals surface area contributed by atoms with Gasteiger partial charge >= 0.3 is 0 Å². The zero-order valence-corrected chi connectivity index (χ0v) is 20.2. The van der Waals surface area contributed by atoms with E-state index >= 15 is 0 Å². The molecular formula is C26H31N7O2. The number of rotatable bonds is 7. The summed E-state index contributed by atoms with van der Waals surface area (Å²) in [6, 6.07) is 6.41. The van der Waals surface area contributed by atoms with Gasteiger partial charge in [0.25, 0.3) is 5.91 Å².